The zero-order chi connectivity index (χ0) is 17.7. The number of furan rings is 1. The van der Waals surface area contributed by atoms with Gasteiger partial charge in [0.15, 0.2) is 0 Å². The van der Waals surface area contributed by atoms with E-state index in [1.807, 2.05) is 0 Å². The molecule has 1 aromatic heterocycles. The maximum absolute atomic E-state index is 12.5. The molecule has 1 amide bonds. The number of methoxy groups -OCH3 is 1. The molecule has 1 atom stereocenters. The molecule has 2 rings (SSSR count). The summed E-state index contributed by atoms with van der Waals surface area (Å²) in [5.41, 5.74) is 0.770. The quantitative estimate of drug-likeness (QED) is 0.788. The lowest BCUT2D eigenvalue weighted by Crippen LogP contribution is -2.44. The number of hydrogen-bond acceptors (Lipinski definition) is 5. The molecule has 0 aliphatic carbocycles. The van der Waals surface area contributed by atoms with E-state index < -0.39 is 22.0 Å². The first-order valence-electron chi connectivity index (χ1n) is 7.30. The topological polar surface area (TPSA) is 97.6 Å². The number of aryl methyl sites for hydroxylation is 1. The summed E-state index contributed by atoms with van der Waals surface area (Å²) in [6.07, 6.45) is 1.50. The Kier molecular flexibility index (Phi) is 5.63. The molecule has 0 fully saturated rings. The predicted octanol–water partition coefficient (Wildman–Crippen LogP) is 1.58. The zero-order valence-corrected chi connectivity index (χ0v) is 14.5. The van der Waals surface area contributed by atoms with Crippen LogP contribution in [0.5, 0.6) is 5.75 Å². The van der Waals surface area contributed by atoms with Crippen molar-refractivity contribution in [2.24, 2.45) is 0 Å². The highest BCUT2D eigenvalue weighted by molar-refractivity contribution is 7.89. The summed E-state index contributed by atoms with van der Waals surface area (Å²) >= 11 is 0. The molecule has 8 heteroatoms. The molecule has 0 aliphatic rings. The second kappa shape index (κ2) is 7.50. The van der Waals surface area contributed by atoms with E-state index in [2.05, 4.69) is 10.0 Å². The largest absolute Gasteiger partial charge is 0.495 e. The normalized spacial score (nSPS) is 12.6. The van der Waals surface area contributed by atoms with Gasteiger partial charge in [0.1, 0.15) is 16.4 Å². The van der Waals surface area contributed by atoms with Crippen LogP contribution in [0.4, 0.5) is 0 Å². The smallest absolute Gasteiger partial charge is 0.244 e. The lowest BCUT2D eigenvalue weighted by molar-refractivity contribution is -0.122. The Bertz CT molecular complexity index is 800. The minimum Gasteiger partial charge on any atom is -0.495 e. The van der Waals surface area contributed by atoms with Gasteiger partial charge in [-0.15, -0.1) is 0 Å². The van der Waals surface area contributed by atoms with Crippen LogP contribution in [-0.4, -0.2) is 27.5 Å². The first kappa shape index (κ1) is 18.0. The van der Waals surface area contributed by atoms with Crippen LogP contribution in [0.2, 0.25) is 0 Å². The van der Waals surface area contributed by atoms with Crippen LogP contribution in [0.15, 0.2) is 45.9 Å². The molecule has 0 spiro atoms. The van der Waals surface area contributed by atoms with E-state index in [1.54, 1.807) is 31.2 Å². The number of carbonyl (C=O) groups is 1. The van der Waals surface area contributed by atoms with Crippen LogP contribution in [-0.2, 0) is 21.4 Å². The Hall–Kier alpha value is -2.32. The lowest BCUT2D eigenvalue weighted by atomic mass is 10.2. The van der Waals surface area contributed by atoms with Gasteiger partial charge in [0.2, 0.25) is 15.9 Å². The predicted molar refractivity (Wildman–Crippen MR) is 88.1 cm³/mol. The van der Waals surface area contributed by atoms with Gasteiger partial charge in [-0.3, -0.25) is 4.79 Å². The summed E-state index contributed by atoms with van der Waals surface area (Å²) in [5, 5.41) is 2.61. The summed E-state index contributed by atoms with van der Waals surface area (Å²) in [7, 11) is -2.51. The molecule has 2 N–H and O–H groups in total. The van der Waals surface area contributed by atoms with Crippen LogP contribution >= 0.6 is 0 Å². The molecule has 24 heavy (non-hydrogen) atoms. The second-order valence-electron chi connectivity index (χ2n) is 5.29. The number of hydrogen-bond donors (Lipinski definition) is 2. The summed E-state index contributed by atoms with van der Waals surface area (Å²) in [4.78, 5) is 12.1. The van der Waals surface area contributed by atoms with E-state index in [0.717, 1.165) is 5.56 Å². The molecule has 0 radical (unpaired) electrons. The maximum atomic E-state index is 12.5. The van der Waals surface area contributed by atoms with Crippen molar-refractivity contribution in [1.82, 2.24) is 10.0 Å². The van der Waals surface area contributed by atoms with Crippen LogP contribution in [0.25, 0.3) is 0 Å². The minimum absolute atomic E-state index is 0.00400. The average Bonchev–Trinajstić information content (AvgIpc) is 3.05. The van der Waals surface area contributed by atoms with Crippen molar-refractivity contribution >= 4 is 15.9 Å². The highest BCUT2D eigenvalue weighted by Crippen LogP contribution is 2.24. The Morgan fingerprint density at radius 1 is 1.33 bits per heavy atom. The van der Waals surface area contributed by atoms with Gasteiger partial charge >= 0.3 is 0 Å². The first-order valence-corrected chi connectivity index (χ1v) is 8.79. The summed E-state index contributed by atoms with van der Waals surface area (Å²) < 4.78 is 37.6. The summed E-state index contributed by atoms with van der Waals surface area (Å²) in [6.45, 7) is 3.43. The number of carbonyl (C=O) groups excluding carboxylic acids is 1. The van der Waals surface area contributed by atoms with Crippen LogP contribution in [0.3, 0.4) is 0 Å². The molecule has 0 bridgehead atoms. The highest BCUT2D eigenvalue weighted by Gasteiger charge is 2.25. The molecular formula is C16H20N2O5S. The zero-order valence-electron chi connectivity index (χ0n) is 13.7. The van der Waals surface area contributed by atoms with E-state index in [1.165, 1.54) is 26.4 Å². The van der Waals surface area contributed by atoms with Gasteiger partial charge in [-0.1, -0.05) is 6.07 Å². The van der Waals surface area contributed by atoms with Crippen LogP contribution < -0.4 is 14.8 Å². The van der Waals surface area contributed by atoms with Gasteiger partial charge in [0, 0.05) is 0 Å². The number of nitrogens with one attached hydrogen (secondary N) is 2. The van der Waals surface area contributed by atoms with Crippen molar-refractivity contribution < 1.29 is 22.4 Å². The number of benzene rings is 1. The Morgan fingerprint density at radius 3 is 2.71 bits per heavy atom. The molecule has 0 aliphatic heterocycles. The minimum atomic E-state index is -3.90. The SMILES string of the molecule is COc1ccc(C)cc1S(=O)(=O)NC(C)C(=O)NCc1ccco1. The second-order valence-corrected chi connectivity index (χ2v) is 6.98. The summed E-state index contributed by atoms with van der Waals surface area (Å²) in [5.74, 6) is 0.344. The molecule has 130 valence electrons. The van der Waals surface area contributed by atoms with Gasteiger partial charge in [-0.25, -0.2) is 8.42 Å². The van der Waals surface area contributed by atoms with Crippen molar-refractivity contribution in [2.75, 3.05) is 7.11 Å². The third-order valence-corrected chi connectivity index (χ3v) is 4.91. The number of rotatable bonds is 7. The third kappa shape index (κ3) is 4.36. The van der Waals surface area contributed by atoms with Gasteiger partial charge in [-0.2, -0.15) is 4.72 Å². The van der Waals surface area contributed by atoms with Gasteiger partial charge in [0.05, 0.1) is 26.0 Å². The fraction of sp³-hybridized carbons (Fsp3) is 0.312. The number of amides is 1. The highest BCUT2D eigenvalue weighted by atomic mass is 32.2. The Balaban J connectivity index is 2.07. The molecule has 1 aromatic carbocycles. The van der Waals surface area contributed by atoms with Crippen molar-refractivity contribution in [2.45, 2.75) is 31.3 Å². The molecule has 7 nitrogen and oxygen atoms in total. The van der Waals surface area contributed by atoms with Crippen LogP contribution in [0, 0.1) is 6.92 Å². The maximum Gasteiger partial charge on any atom is 0.244 e. The fourth-order valence-corrected chi connectivity index (χ4v) is 3.54. The molecular weight excluding hydrogens is 332 g/mol. The molecule has 1 heterocycles. The molecule has 1 unspecified atom stereocenters. The fourth-order valence-electron chi connectivity index (χ4n) is 2.08. The number of sulfonamides is 1. The summed E-state index contributed by atoms with van der Waals surface area (Å²) in [6, 6.07) is 7.29. The third-order valence-electron chi connectivity index (χ3n) is 3.35. The van der Waals surface area contributed by atoms with Crippen molar-refractivity contribution in [3.05, 3.63) is 47.9 Å². The van der Waals surface area contributed by atoms with Gasteiger partial charge in [-0.05, 0) is 43.7 Å². The molecule has 0 saturated heterocycles. The van der Waals surface area contributed by atoms with E-state index in [9.17, 15) is 13.2 Å². The van der Waals surface area contributed by atoms with Crippen molar-refractivity contribution in [3.8, 4) is 5.75 Å². The van der Waals surface area contributed by atoms with E-state index in [0.29, 0.717) is 5.76 Å². The van der Waals surface area contributed by atoms with Crippen molar-refractivity contribution in [3.63, 3.8) is 0 Å². The monoisotopic (exact) mass is 352 g/mol. The first-order chi connectivity index (χ1) is 11.3. The van der Waals surface area contributed by atoms with Crippen LogP contribution in [0.1, 0.15) is 18.2 Å². The van der Waals surface area contributed by atoms with E-state index >= 15 is 0 Å². The van der Waals surface area contributed by atoms with E-state index in [-0.39, 0.29) is 17.2 Å². The van der Waals surface area contributed by atoms with Crippen molar-refractivity contribution in [1.29, 1.82) is 0 Å². The molecule has 2 aromatic rings. The Labute approximate surface area is 141 Å². The molecule has 0 saturated carbocycles. The van der Waals surface area contributed by atoms with Gasteiger partial charge in [0.25, 0.3) is 0 Å². The Morgan fingerprint density at radius 2 is 2.08 bits per heavy atom. The standard InChI is InChI=1S/C16H20N2O5S/c1-11-6-7-14(22-3)15(9-11)24(20,21)18-12(2)16(19)17-10-13-5-4-8-23-13/h4-9,12,18H,10H2,1-3H3,(H,17,19). The number of ether oxygens (including phenoxy) is 1. The lowest BCUT2D eigenvalue weighted by Gasteiger charge is -2.16. The van der Waals surface area contributed by atoms with E-state index in [4.69, 9.17) is 9.15 Å². The average molecular weight is 352 g/mol. The van der Waals surface area contributed by atoms with Gasteiger partial charge < -0.3 is 14.5 Å².